The van der Waals surface area contributed by atoms with Gasteiger partial charge >= 0.3 is 4.87 Å². The van der Waals surface area contributed by atoms with Gasteiger partial charge in [0, 0.05) is 5.57 Å². The highest BCUT2D eigenvalue weighted by atomic mass is 32.1. The number of rotatable bonds is 2. The lowest BCUT2D eigenvalue weighted by Crippen LogP contribution is -2.16. The van der Waals surface area contributed by atoms with E-state index < -0.39 is 0 Å². The van der Waals surface area contributed by atoms with Gasteiger partial charge in [-0.15, -0.1) is 0 Å². The SMILES string of the molecule is O=c1[nH]c(O)c(C(c2ccccc2)=c2ccc3c(n2)N=CN=3)s1. The summed E-state index contributed by atoms with van der Waals surface area (Å²) >= 11 is 0.945. The molecule has 23 heavy (non-hydrogen) atoms. The van der Waals surface area contributed by atoms with Crippen LogP contribution in [-0.2, 0) is 0 Å². The largest absolute Gasteiger partial charge is 0.493 e. The molecule has 0 fully saturated rings. The minimum atomic E-state index is -0.319. The van der Waals surface area contributed by atoms with Crippen molar-refractivity contribution in [2.24, 2.45) is 9.98 Å². The Hall–Kier alpha value is -3.06. The van der Waals surface area contributed by atoms with Crippen LogP contribution in [0.4, 0.5) is 5.82 Å². The van der Waals surface area contributed by atoms with Crippen molar-refractivity contribution in [2.75, 3.05) is 0 Å². The average Bonchev–Trinajstić information content (AvgIpc) is 3.15. The fourth-order valence-corrected chi connectivity index (χ4v) is 3.22. The molecule has 2 N–H and O–H groups in total. The maximum absolute atomic E-state index is 11.6. The summed E-state index contributed by atoms with van der Waals surface area (Å²) in [7, 11) is 0. The second-order valence-electron chi connectivity index (χ2n) is 4.85. The molecule has 3 aromatic rings. The lowest BCUT2D eigenvalue weighted by Gasteiger charge is -2.06. The first-order chi connectivity index (χ1) is 11.2. The monoisotopic (exact) mass is 322 g/mol. The van der Waals surface area contributed by atoms with Crippen molar-refractivity contribution in [2.45, 2.75) is 0 Å². The average molecular weight is 322 g/mol. The molecule has 112 valence electrons. The summed E-state index contributed by atoms with van der Waals surface area (Å²) in [6.07, 6.45) is 1.45. The Balaban J connectivity index is 2.10. The van der Waals surface area contributed by atoms with Crippen molar-refractivity contribution in [3.63, 3.8) is 0 Å². The predicted octanol–water partition coefficient (Wildman–Crippen LogP) is 1.08. The molecule has 1 aromatic carbocycles. The van der Waals surface area contributed by atoms with Crippen molar-refractivity contribution in [1.29, 1.82) is 0 Å². The summed E-state index contributed by atoms with van der Waals surface area (Å²) in [6.45, 7) is 0. The third-order valence-electron chi connectivity index (χ3n) is 3.41. The number of nitrogens with zero attached hydrogens (tertiary/aromatic N) is 3. The van der Waals surface area contributed by atoms with Gasteiger partial charge in [-0.1, -0.05) is 41.7 Å². The maximum atomic E-state index is 11.6. The van der Waals surface area contributed by atoms with Crippen molar-refractivity contribution in [1.82, 2.24) is 9.97 Å². The van der Waals surface area contributed by atoms with Gasteiger partial charge in [0.2, 0.25) is 5.88 Å². The Labute approximate surface area is 133 Å². The number of hydrogen-bond donors (Lipinski definition) is 2. The number of thiazole rings is 1. The lowest BCUT2D eigenvalue weighted by atomic mass is 10.0. The van der Waals surface area contributed by atoms with Crippen LogP contribution in [0.1, 0.15) is 10.4 Å². The van der Waals surface area contributed by atoms with E-state index in [2.05, 4.69) is 20.0 Å². The smallest absolute Gasteiger partial charge is 0.307 e. The van der Waals surface area contributed by atoms with E-state index in [4.69, 9.17) is 0 Å². The molecular formula is C16H10N4O2S. The third kappa shape index (κ3) is 2.36. The lowest BCUT2D eigenvalue weighted by molar-refractivity contribution is 0.454. The fraction of sp³-hybridized carbons (Fsp3) is 0. The molecule has 1 aliphatic heterocycles. The number of aliphatic imine (C=N–C) groups is 1. The molecule has 1 aliphatic rings. The van der Waals surface area contributed by atoms with E-state index in [0.29, 0.717) is 27.0 Å². The summed E-state index contributed by atoms with van der Waals surface area (Å²) in [6, 6.07) is 13.1. The first kappa shape index (κ1) is 13.6. The quantitative estimate of drug-likeness (QED) is 0.739. The van der Waals surface area contributed by atoms with Crippen LogP contribution in [0.25, 0.3) is 5.57 Å². The molecule has 0 amide bonds. The van der Waals surface area contributed by atoms with Gasteiger partial charge in [0.05, 0.1) is 5.35 Å². The van der Waals surface area contributed by atoms with Gasteiger partial charge in [0.1, 0.15) is 16.6 Å². The van der Waals surface area contributed by atoms with Crippen LogP contribution in [0, 0.1) is 0 Å². The Morgan fingerprint density at radius 2 is 1.96 bits per heavy atom. The Bertz CT molecular complexity index is 1100. The van der Waals surface area contributed by atoms with E-state index in [-0.39, 0.29) is 10.8 Å². The first-order valence-corrected chi connectivity index (χ1v) is 7.63. The number of hydrogen-bond acceptors (Lipinski definition) is 6. The topological polar surface area (TPSA) is 90.7 Å². The van der Waals surface area contributed by atoms with E-state index >= 15 is 0 Å². The number of nitrogens with one attached hydrogen (secondary N) is 1. The molecule has 0 aliphatic carbocycles. The fourth-order valence-electron chi connectivity index (χ4n) is 2.41. The molecule has 0 saturated heterocycles. The highest BCUT2D eigenvalue weighted by Crippen LogP contribution is 2.28. The number of aromatic nitrogens is 2. The van der Waals surface area contributed by atoms with Gasteiger partial charge in [0.15, 0.2) is 5.82 Å². The number of pyridine rings is 1. The van der Waals surface area contributed by atoms with E-state index in [1.165, 1.54) is 6.34 Å². The molecular weight excluding hydrogens is 312 g/mol. The molecule has 6 nitrogen and oxygen atoms in total. The third-order valence-corrected chi connectivity index (χ3v) is 4.30. The van der Waals surface area contributed by atoms with Crippen molar-refractivity contribution in [3.8, 4) is 5.88 Å². The summed E-state index contributed by atoms with van der Waals surface area (Å²) in [4.78, 5) is 26.9. The van der Waals surface area contributed by atoms with E-state index in [0.717, 1.165) is 16.9 Å². The maximum Gasteiger partial charge on any atom is 0.307 e. The minimum absolute atomic E-state index is 0.158. The molecule has 7 heteroatoms. The molecule has 4 rings (SSSR count). The molecule has 2 aromatic heterocycles. The predicted molar refractivity (Wildman–Crippen MR) is 87.8 cm³/mol. The highest BCUT2D eigenvalue weighted by Gasteiger charge is 2.16. The van der Waals surface area contributed by atoms with Crippen molar-refractivity contribution < 1.29 is 5.11 Å². The van der Waals surface area contributed by atoms with Crippen LogP contribution >= 0.6 is 11.3 Å². The van der Waals surface area contributed by atoms with Gasteiger partial charge < -0.3 is 5.11 Å². The molecule has 0 radical (unpaired) electrons. The minimum Gasteiger partial charge on any atom is -0.493 e. The molecule has 0 atom stereocenters. The Morgan fingerprint density at radius 3 is 2.70 bits per heavy atom. The van der Waals surface area contributed by atoms with Crippen LogP contribution in [0.15, 0.2) is 57.2 Å². The van der Waals surface area contributed by atoms with Crippen LogP contribution in [0.5, 0.6) is 5.88 Å². The number of H-pyrrole nitrogens is 1. The van der Waals surface area contributed by atoms with Crippen LogP contribution in [-0.4, -0.2) is 21.4 Å². The zero-order valence-corrected chi connectivity index (χ0v) is 12.5. The van der Waals surface area contributed by atoms with Crippen LogP contribution in [0.2, 0.25) is 0 Å². The standard InChI is InChI=1S/C16H10N4O2S/c21-15-13(23-16(22)20-15)12(9-4-2-1-3-5-9)10-6-7-11-14(19-10)18-8-17-11/h1-8,21H,(H,20,22). The van der Waals surface area contributed by atoms with E-state index in [9.17, 15) is 9.90 Å². The molecule has 0 saturated carbocycles. The summed E-state index contributed by atoms with van der Waals surface area (Å²) < 4.78 is 0. The second-order valence-corrected chi connectivity index (χ2v) is 5.83. The van der Waals surface area contributed by atoms with E-state index in [1.807, 2.05) is 42.5 Å². The summed E-state index contributed by atoms with van der Waals surface area (Å²) in [5.41, 5.74) is 1.53. The molecule has 0 bridgehead atoms. The zero-order chi connectivity index (χ0) is 15.8. The molecule has 0 unspecified atom stereocenters. The Morgan fingerprint density at radius 1 is 1.13 bits per heavy atom. The van der Waals surface area contributed by atoms with Crippen molar-refractivity contribution in [3.05, 3.63) is 73.3 Å². The van der Waals surface area contributed by atoms with Gasteiger partial charge in [-0.3, -0.25) is 9.78 Å². The normalized spacial score (nSPS) is 13.6. The van der Waals surface area contributed by atoms with Gasteiger partial charge in [-0.05, 0) is 17.7 Å². The molecule has 3 heterocycles. The number of fused-ring (bicyclic) bond motifs is 1. The van der Waals surface area contributed by atoms with Gasteiger partial charge in [-0.25, -0.2) is 15.0 Å². The first-order valence-electron chi connectivity index (χ1n) is 6.82. The highest BCUT2D eigenvalue weighted by molar-refractivity contribution is 7.10. The Kier molecular flexibility index (Phi) is 3.13. The number of aromatic amines is 1. The van der Waals surface area contributed by atoms with Gasteiger partial charge in [0.25, 0.3) is 0 Å². The van der Waals surface area contributed by atoms with Crippen LogP contribution in [0.3, 0.4) is 0 Å². The van der Waals surface area contributed by atoms with Gasteiger partial charge in [-0.2, -0.15) is 0 Å². The van der Waals surface area contributed by atoms with Crippen LogP contribution < -0.4 is 15.6 Å². The van der Waals surface area contributed by atoms with Crippen molar-refractivity contribution >= 4 is 29.1 Å². The summed E-state index contributed by atoms with van der Waals surface area (Å²) in [5.74, 6) is 0.368. The zero-order valence-electron chi connectivity index (χ0n) is 11.7. The van der Waals surface area contributed by atoms with E-state index in [1.54, 1.807) is 0 Å². The number of aromatic hydroxyl groups is 1. The summed E-state index contributed by atoms with van der Waals surface area (Å²) in [5, 5.41) is 11.4. The second kappa shape index (κ2) is 5.29. The molecule has 0 spiro atoms. The number of benzene rings is 1.